The average Bonchev–Trinajstić information content (AvgIpc) is 2.59. The molecule has 9 heteroatoms. The Morgan fingerprint density at radius 1 is 1.18 bits per heavy atom. The van der Waals surface area contributed by atoms with Crippen LogP contribution in [0.5, 0.6) is 0 Å². The molecular weight excluding hydrogens is 382 g/mol. The maximum absolute atomic E-state index is 12.9. The van der Waals surface area contributed by atoms with Crippen LogP contribution < -0.4 is 5.32 Å². The zero-order valence-electron chi connectivity index (χ0n) is 17.0. The Hall–Kier alpha value is -1.97. The molecule has 1 fully saturated rings. The van der Waals surface area contributed by atoms with Gasteiger partial charge in [-0.25, -0.2) is 8.42 Å². The van der Waals surface area contributed by atoms with Crippen molar-refractivity contribution in [1.29, 1.82) is 0 Å². The van der Waals surface area contributed by atoms with E-state index in [0.29, 0.717) is 18.7 Å². The number of ether oxygens (including phenoxy) is 1. The monoisotopic (exact) mass is 411 g/mol. The van der Waals surface area contributed by atoms with Crippen LogP contribution in [0.15, 0.2) is 29.2 Å². The molecule has 8 nitrogen and oxygen atoms in total. The Labute approximate surface area is 166 Å². The minimum atomic E-state index is -3.66. The summed E-state index contributed by atoms with van der Waals surface area (Å²) in [7, 11) is -2.13. The molecular formula is C19H29N3O5S. The number of likely N-dealkylation sites (N-methyl/N-ethyl adjacent to an activating group) is 1. The predicted molar refractivity (Wildman–Crippen MR) is 105 cm³/mol. The summed E-state index contributed by atoms with van der Waals surface area (Å²) >= 11 is 0. The lowest BCUT2D eigenvalue weighted by atomic mass is 10.2. The van der Waals surface area contributed by atoms with Gasteiger partial charge in [-0.3, -0.25) is 9.59 Å². The number of benzene rings is 1. The lowest BCUT2D eigenvalue weighted by Gasteiger charge is -2.34. The first-order chi connectivity index (χ1) is 13.0. The van der Waals surface area contributed by atoms with E-state index in [1.807, 2.05) is 27.7 Å². The summed E-state index contributed by atoms with van der Waals surface area (Å²) in [5, 5.41) is 2.72. The molecule has 0 unspecified atom stereocenters. The van der Waals surface area contributed by atoms with Gasteiger partial charge in [0, 0.05) is 31.7 Å². The Bertz CT molecular complexity index is 797. The standard InChI is InChI=1S/C19H29N3O5S/c1-13(2)20-18(23)12-21(5)19(24)16-6-8-17(9-7-16)28(25,26)22-10-14(3)27-15(4)11-22/h6-9,13-15H,10-12H2,1-5H3,(H,20,23)/t14-,15-/m0/s1. The highest BCUT2D eigenvalue weighted by Gasteiger charge is 2.32. The van der Waals surface area contributed by atoms with Gasteiger partial charge in [-0.2, -0.15) is 4.31 Å². The minimum Gasteiger partial charge on any atom is -0.373 e. The minimum absolute atomic E-state index is 0.00823. The molecule has 0 bridgehead atoms. The van der Waals surface area contributed by atoms with Gasteiger partial charge in [-0.05, 0) is 52.0 Å². The Morgan fingerprint density at radius 2 is 1.71 bits per heavy atom. The number of amides is 2. The molecule has 28 heavy (non-hydrogen) atoms. The van der Waals surface area contributed by atoms with Gasteiger partial charge < -0.3 is 15.0 Å². The fourth-order valence-electron chi connectivity index (χ4n) is 3.12. The van der Waals surface area contributed by atoms with E-state index in [1.54, 1.807) is 0 Å². The van der Waals surface area contributed by atoms with E-state index >= 15 is 0 Å². The van der Waals surface area contributed by atoms with Crippen molar-refractivity contribution in [2.45, 2.75) is 50.8 Å². The van der Waals surface area contributed by atoms with Crippen LogP contribution >= 0.6 is 0 Å². The summed E-state index contributed by atoms with van der Waals surface area (Å²) in [6.07, 6.45) is -0.352. The molecule has 1 saturated heterocycles. The lowest BCUT2D eigenvalue weighted by molar-refractivity contribution is -0.122. The molecule has 1 heterocycles. The highest BCUT2D eigenvalue weighted by atomic mass is 32.2. The van der Waals surface area contributed by atoms with Crippen LogP contribution in [-0.2, 0) is 19.6 Å². The Morgan fingerprint density at radius 3 is 2.21 bits per heavy atom. The third kappa shape index (κ3) is 5.52. The van der Waals surface area contributed by atoms with Crippen LogP contribution in [0.1, 0.15) is 38.1 Å². The SMILES string of the molecule is CC(C)NC(=O)CN(C)C(=O)c1ccc(S(=O)(=O)N2C[C@H](C)O[C@@H](C)C2)cc1. The van der Waals surface area contributed by atoms with Crippen LogP contribution in [0.25, 0.3) is 0 Å². The van der Waals surface area contributed by atoms with Crippen LogP contribution in [0, 0.1) is 0 Å². The molecule has 0 spiro atoms. The van der Waals surface area contributed by atoms with Gasteiger partial charge in [0.15, 0.2) is 0 Å². The molecule has 1 aromatic carbocycles. The van der Waals surface area contributed by atoms with Crippen molar-refractivity contribution in [2.75, 3.05) is 26.7 Å². The first kappa shape index (κ1) is 22.3. The Balaban J connectivity index is 2.09. The van der Waals surface area contributed by atoms with E-state index in [9.17, 15) is 18.0 Å². The molecule has 1 aliphatic heterocycles. The van der Waals surface area contributed by atoms with E-state index in [0.717, 1.165) is 0 Å². The average molecular weight is 412 g/mol. The number of carbonyl (C=O) groups is 2. The van der Waals surface area contributed by atoms with Gasteiger partial charge in [0.2, 0.25) is 15.9 Å². The number of nitrogens with one attached hydrogen (secondary N) is 1. The summed E-state index contributed by atoms with van der Waals surface area (Å²) < 4.78 is 32.7. The van der Waals surface area contributed by atoms with Gasteiger partial charge in [0.05, 0.1) is 23.6 Å². The number of morpholine rings is 1. The van der Waals surface area contributed by atoms with Crippen LogP contribution in [0.3, 0.4) is 0 Å². The maximum Gasteiger partial charge on any atom is 0.254 e. The van der Waals surface area contributed by atoms with E-state index < -0.39 is 10.0 Å². The molecule has 0 aliphatic carbocycles. The molecule has 2 atom stereocenters. The highest BCUT2D eigenvalue weighted by Crippen LogP contribution is 2.21. The maximum atomic E-state index is 12.9. The van der Waals surface area contributed by atoms with Gasteiger partial charge in [0.25, 0.3) is 5.91 Å². The Kier molecular flexibility index (Phi) is 7.19. The molecule has 0 saturated carbocycles. The first-order valence-corrected chi connectivity index (χ1v) is 10.7. The second-order valence-electron chi connectivity index (χ2n) is 7.49. The van der Waals surface area contributed by atoms with Crippen LogP contribution in [-0.4, -0.2) is 74.4 Å². The van der Waals surface area contributed by atoms with Crippen LogP contribution in [0.4, 0.5) is 0 Å². The highest BCUT2D eigenvalue weighted by molar-refractivity contribution is 7.89. The van der Waals surface area contributed by atoms with E-state index in [-0.39, 0.29) is 41.5 Å². The molecule has 0 radical (unpaired) electrons. The molecule has 2 rings (SSSR count). The van der Waals surface area contributed by atoms with Crippen molar-refractivity contribution in [3.05, 3.63) is 29.8 Å². The zero-order chi connectivity index (χ0) is 21.1. The summed E-state index contributed by atoms with van der Waals surface area (Å²) in [6.45, 7) is 7.88. The van der Waals surface area contributed by atoms with Crippen LogP contribution in [0.2, 0.25) is 0 Å². The fraction of sp³-hybridized carbons (Fsp3) is 0.579. The quantitative estimate of drug-likeness (QED) is 0.756. The topological polar surface area (TPSA) is 96.0 Å². The third-order valence-corrected chi connectivity index (χ3v) is 6.15. The molecule has 1 N–H and O–H groups in total. The fourth-order valence-corrected chi connectivity index (χ4v) is 4.71. The second kappa shape index (κ2) is 9.02. The number of rotatable bonds is 6. The van der Waals surface area contributed by atoms with Gasteiger partial charge in [0.1, 0.15) is 0 Å². The smallest absolute Gasteiger partial charge is 0.254 e. The van der Waals surface area contributed by atoms with Gasteiger partial charge in [-0.1, -0.05) is 0 Å². The van der Waals surface area contributed by atoms with Crippen molar-refractivity contribution < 1.29 is 22.7 Å². The van der Waals surface area contributed by atoms with Gasteiger partial charge >= 0.3 is 0 Å². The van der Waals surface area contributed by atoms with Crippen molar-refractivity contribution >= 4 is 21.8 Å². The summed E-state index contributed by atoms with van der Waals surface area (Å²) in [4.78, 5) is 25.7. The lowest BCUT2D eigenvalue weighted by Crippen LogP contribution is -2.48. The zero-order valence-corrected chi connectivity index (χ0v) is 17.8. The molecule has 1 aromatic rings. The summed E-state index contributed by atoms with van der Waals surface area (Å²) in [5.74, 6) is -0.600. The molecule has 156 valence electrons. The van der Waals surface area contributed by atoms with Crippen molar-refractivity contribution in [1.82, 2.24) is 14.5 Å². The molecule has 0 aromatic heterocycles. The largest absolute Gasteiger partial charge is 0.373 e. The predicted octanol–water partition coefficient (Wildman–Crippen LogP) is 1.08. The number of carbonyl (C=O) groups excluding carboxylic acids is 2. The third-order valence-electron chi connectivity index (χ3n) is 4.30. The van der Waals surface area contributed by atoms with E-state index in [4.69, 9.17) is 4.74 Å². The number of hydrogen-bond donors (Lipinski definition) is 1. The summed E-state index contributed by atoms with van der Waals surface area (Å²) in [5.41, 5.74) is 0.322. The van der Waals surface area contributed by atoms with Crippen molar-refractivity contribution in [3.63, 3.8) is 0 Å². The van der Waals surface area contributed by atoms with Crippen molar-refractivity contribution in [2.24, 2.45) is 0 Å². The number of hydrogen-bond acceptors (Lipinski definition) is 5. The molecule has 2 amide bonds. The normalized spacial score (nSPS) is 20.8. The van der Waals surface area contributed by atoms with Gasteiger partial charge in [-0.15, -0.1) is 0 Å². The van der Waals surface area contributed by atoms with E-state index in [2.05, 4.69) is 5.32 Å². The van der Waals surface area contributed by atoms with Crippen molar-refractivity contribution in [3.8, 4) is 0 Å². The van der Waals surface area contributed by atoms with E-state index in [1.165, 1.54) is 40.5 Å². The second-order valence-corrected chi connectivity index (χ2v) is 9.43. The molecule has 1 aliphatic rings. The number of nitrogens with zero attached hydrogens (tertiary/aromatic N) is 2. The first-order valence-electron chi connectivity index (χ1n) is 9.31. The summed E-state index contributed by atoms with van der Waals surface area (Å²) in [6, 6.07) is 5.79. The number of sulfonamides is 1.